The molecule has 0 saturated carbocycles. The van der Waals surface area contributed by atoms with Crippen LogP contribution in [0, 0.1) is 10.8 Å². The molecule has 0 aliphatic carbocycles. The Kier molecular flexibility index (Phi) is 8.59. The summed E-state index contributed by atoms with van der Waals surface area (Å²) in [5.41, 5.74) is 5.62. The average Bonchev–Trinajstić information content (AvgIpc) is 3.80. The van der Waals surface area contributed by atoms with E-state index in [-0.39, 0.29) is 10.8 Å². The molecule has 2 aromatic heterocycles. The van der Waals surface area contributed by atoms with E-state index in [0.29, 0.717) is 34.7 Å². The van der Waals surface area contributed by atoms with Crippen LogP contribution in [-0.4, -0.2) is 45.7 Å². The van der Waals surface area contributed by atoms with Gasteiger partial charge in [0.1, 0.15) is 11.5 Å². The van der Waals surface area contributed by atoms with Gasteiger partial charge in [-0.25, -0.2) is 4.98 Å². The van der Waals surface area contributed by atoms with Crippen LogP contribution in [0.2, 0.25) is 12.1 Å². The molecule has 0 atom stereocenters. The minimum atomic E-state index is -4.15. The molecule has 0 N–H and O–H groups in total. The lowest BCUT2D eigenvalue weighted by Gasteiger charge is -2.45. The summed E-state index contributed by atoms with van der Waals surface area (Å²) in [4.78, 5) is 5.24. The molecule has 10 rings (SSSR count). The van der Waals surface area contributed by atoms with Gasteiger partial charge in [0.2, 0.25) is 5.78 Å². The third-order valence-electron chi connectivity index (χ3n) is 12.2. The molecule has 0 fully saturated rings. The van der Waals surface area contributed by atoms with Crippen molar-refractivity contribution in [2.24, 2.45) is 10.8 Å². The van der Waals surface area contributed by atoms with Gasteiger partial charge in [-0.1, -0.05) is 187 Å². The van der Waals surface area contributed by atoms with E-state index in [1.165, 1.54) is 0 Å². The van der Waals surface area contributed by atoms with E-state index in [2.05, 4.69) is 190 Å². The fraction of sp³-hybridized carbons (Fsp3) is 0.204. The van der Waals surface area contributed by atoms with Crippen LogP contribution >= 0.6 is 0 Å². The number of ether oxygens (including phenoxy) is 1. The molecule has 0 radical (unpaired) electrons. The van der Waals surface area contributed by atoms with Gasteiger partial charge >= 0.3 is 0 Å². The highest BCUT2D eigenvalue weighted by Gasteiger charge is 2.49. The monoisotopic (exact) mass is 849 g/mol. The first kappa shape index (κ1) is 34.9. The molecule has 0 bridgehead atoms. The maximum Gasteiger partial charge on any atom is 0.220 e. The number of hydrogen-bond donors (Lipinski definition) is 0. The summed E-state index contributed by atoms with van der Waals surface area (Å²) >= 11 is 0. The zero-order valence-corrected chi connectivity index (χ0v) is 38.9. The van der Waals surface area contributed by atoms with Crippen molar-refractivity contribution in [3.63, 3.8) is 0 Å². The number of imidazole rings is 2. The predicted molar refractivity (Wildman–Crippen MR) is 266 cm³/mol. The summed E-state index contributed by atoms with van der Waals surface area (Å²) in [6, 6.07) is 61.9. The average molecular weight is 850 g/mol. The van der Waals surface area contributed by atoms with Crippen LogP contribution in [0.4, 0.5) is 0 Å². The highest BCUT2D eigenvalue weighted by molar-refractivity contribution is 7.20. The van der Waals surface area contributed by atoms with E-state index in [0.717, 1.165) is 54.3 Å². The molecule has 0 saturated heterocycles. The summed E-state index contributed by atoms with van der Waals surface area (Å²) < 4.78 is 52.8. The minimum absolute atomic E-state index is 0.290. The van der Waals surface area contributed by atoms with Crippen LogP contribution in [0.3, 0.4) is 0 Å². The summed E-state index contributed by atoms with van der Waals surface area (Å²) in [5, 5.41) is 4.37. The molecular formula is C54H55N3OSi3. The summed E-state index contributed by atoms with van der Waals surface area (Å²) in [5.74, 6) is 1.98. The summed E-state index contributed by atoms with van der Waals surface area (Å²) in [6.45, 7) is 12.6. The topological polar surface area (TPSA) is 31.5 Å². The highest BCUT2D eigenvalue weighted by atomic mass is 28.3. The Morgan fingerprint density at radius 3 is 1.79 bits per heavy atom. The molecule has 0 unspecified atom stereocenters. The lowest BCUT2D eigenvalue weighted by Crippen LogP contribution is -2.75. The fourth-order valence-corrected chi connectivity index (χ4v) is 18.5. The first-order valence-electron chi connectivity index (χ1n) is 23.5. The van der Waals surface area contributed by atoms with Gasteiger partial charge in [-0.2, -0.15) is 0 Å². The second-order valence-electron chi connectivity index (χ2n) is 19.0. The normalized spacial score (nSPS) is 15.4. The van der Waals surface area contributed by atoms with Crippen molar-refractivity contribution in [2.75, 3.05) is 0 Å². The molecule has 3 heterocycles. The zero-order chi connectivity index (χ0) is 45.6. The van der Waals surface area contributed by atoms with Crippen LogP contribution in [0.25, 0.3) is 33.5 Å². The van der Waals surface area contributed by atoms with E-state index >= 15 is 0 Å². The number of nitrogens with zero attached hydrogens (tertiary/aromatic N) is 3. The summed E-state index contributed by atoms with van der Waals surface area (Å²) in [6.07, 6.45) is 0. The van der Waals surface area contributed by atoms with Crippen molar-refractivity contribution in [3.8, 4) is 17.2 Å². The van der Waals surface area contributed by atoms with Gasteiger partial charge in [0.05, 0.1) is 22.1 Å². The number of aromatic nitrogens is 3. The van der Waals surface area contributed by atoms with Gasteiger partial charge < -0.3 is 4.74 Å². The summed E-state index contributed by atoms with van der Waals surface area (Å²) in [7, 11) is -11.8. The van der Waals surface area contributed by atoms with E-state index in [1.54, 1.807) is 0 Å². The second-order valence-corrected chi connectivity index (χ2v) is 26.1. The van der Waals surface area contributed by atoms with Crippen LogP contribution in [0.1, 0.15) is 52.7 Å². The molecule has 4 nitrogen and oxygen atoms in total. The Hall–Kier alpha value is -5.74. The van der Waals surface area contributed by atoms with Gasteiger partial charge in [0.15, 0.2) is 8.07 Å². The predicted octanol–water partition coefficient (Wildman–Crippen LogP) is 9.38. The molecule has 7 heteroatoms. The Morgan fingerprint density at radius 2 is 1.11 bits per heavy atom. The molecule has 61 heavy (non-hydrogen) atoms. The number of hydrogen-bond acceptors (Lipinski definition) is 2. The maximum absolute atomic E-state index is 10.6. The maximum atomic E-state index is 10.6. The molecular weight excluding hydrogens is 791 g/mol. The quantitative estimate of drug-likeness (QED) is 0.107. The SMILES string of the molecule is [2H][Si]([2H])(CC(C)(C)C)C1([Si]([2H])([2H])CC(C)(C)C)c2ccccc2Oc2c1cccc2[Si](c1ccccc1)(c1ccccc1)c1cccc(-n2c3ccccc3n3c4ccccc4nc23)c1. The number of para-hydroxylation sites is 6. The molecule has 7 aromatic carbocycles. The molecule has 0 amide bonds. The van der Waals surface area contributed by atoms with Crippen molar-refractivity contribution in [1.82, 2.24) is 14.0 Å². The Bertz CT molecular complexity index is 3180. The number of rotatable bonds is 9. The standard InChI is InChI=1S/C54H55N3OSi3/c1-52(2,3)36-59-54(60-37-53(4,5)6)42-27-13-18-33-48(42)58-50-43(54)28-20-34-49(50)61(39-22-9-7-10-23-39,40-24-11-8-12-25-40)41-26-19-21-38(35-41)56-46-31-16-17-32-47(46)57-45-30-15-14-29-44(45)55-51(56)57/h7-35H,36-37,59-60H2,1-6H3/i59D2,60D2. The van der Waals surface area contributed by atoms with Crippen LogP contribution < -0.4 is 25.5 Å². The van der Waals surface area contributed by atoms with E-state index in [4.69, 9.17) is 9.72 Å². The highest BCUT2D eigenvalue weighted by Crippen LogP contribution is 2.49. The van der Waals surface area contributed by atoms with E-state index < -0.39 is 31.5 Å². The third-order valence-corrected chi connectivity index (χ3v) is 22.6. The van der Waals surface area contributed by atoms with Crippen LogP contribution in [0.15, 0.2) is 176 Å². The smallest absolute Gasteiger partial charge is 0.220 e. The van der Waals surface area contributed by atoms with Gasteiger partial charge in [-0.05, 0) is 85.2 Å². The van der Waals surface area contributed by atoms with E-state index in [9.17, 15) is 4.94 Å². The molecule has 0 spiro atoms. The Labute approximate surface area is 370 Å². The largest absolute Gasteiger partial charge is 0.457 e. The minimum Gasteiger partial charge on any atom is -0.457 e. The first-order chi connectivity index (χ1) is 31.0. The molecule has 1 aliphatic heterocycles. The van der Waals surface area contributed by atoms with Crippen LogP contribution in [-0.2, 0) is 4.66 Å². The van der Waals surface area contributed by atoms with Gasteiger partial charge in [0, 0.05) is 34.1 Å². The lowest BCUT2D eigenvalue weighted by molar-refractivity contribution is 0.441. The zero-order valence-electron chi connectivity index (χ0n) is 39.9. The second kappa shape index (κ2) is 15.0. The van der Waals surface area contributed by atoms with Gasteiger partial charge in [-0.3, -0.25) is 8.97 Å². The van der Waals surface area contributed by atoms with Crippen molar-refractivity contribution < 1.29 is 4.74 Å². The van der Waals surface area contributed by atoms with Crippen molar-refractivity contribution in [2.45, 2.75) is 58.3 Å². The van der Waals surface area contributed by atoms with Crippen molar-refractivity contribution >= 4 is 75.4 Å². The van der Waals surface area contributed by atoms with Crippen molar-refractivity contribution in [3.05, 3.63) is 187 Å². The van der Waals surface area contributed by atoms with Crippen LogP contribution in [0.5, 0.6) is 11.5 Å². The lowest BCUT2D eigenvalue weighted by atomic mass is 9.98. The fourth-order valence-electron chi connectivity index (χ4n) is 9.42. The first-order valence-corrected chi connectivity index (χ1v) is 25.9. The molecule has 9 aromatic rings. The third kappa shape index (κ3) is 6.65. The Balaban J connectivity index is 1.34. The Morgan fingerprint density at radius 1 is 0.574 bits per heavy atom. The molecule has 1 aliphatic rings. The van der Waals surface area contributed by atoms with Gasteiger partial charge in [0.25, 0.3) is 0 Å². The number of benzene rings is 7. The number of fused-ring (bicyclic) bond motifs is 7. The van der Waals surface area contributed by atoms with Gasteiger partial charge in [-0.15, -0.1) is 0 Å². The molecule has 304 valence electrons. The van der Waals surface area contributed by atoms with Crippen molar-refractivity contribution in [1.29, 1.82) is 4.94 Å². The van der Waals surface area contributed by atoms with E-state index in [1.807, 2.05) is 36.4 Å².